The molecule has 1 aliphatic carbocycles. The standard InChI is InChI=1S/C21H20BrN3/c1-2-13-11-14(12-17(22)20(13)23)24-21-15-7-3-5-9-18(15)25-19-10-6-4-8-16(19)21/h3-9,11-12,19,25H,2,10,23H2,1H3. The predicted octanol–water partition coefficient (Wildman–Crippen LogP) is 5.39. The van der Waals surface area contributed by atoms with Crippen molar-refractivity contribution in [2.75, 3.05) is 11.1 Å². The molecule has 0 amide bonds. The number of nitrogen functional groups attached to an aromatic ring is 1. The van der Waals surface area contributed by atoms with Crippen LogP contribution < -0.4 is 11.1 Å². The number of hydrogen-bond donors (Lipinski definition) is 2. The monoisotopic (exact) mass is 393 g/mol. The van der Waals surface area contributed by atoms with Crippen LogP contribution in [-0.4, -0.2) is 11.8 Å². The summed E-state index contributed by atoms with van der Waals surface area (Å²) >= 11 is 3.57. The van der Waals surface area contributed by atoms with Gasteiger partial charge < -0.3 is 11.1 Å². The summed E-state index contributed by atoms with van der Waals surface area (Å²) in [6, 6.07) is 12.7. The van der Waals surface area contributed by atoms with Crippen LogP contribution in [0, 0.1) is 0 Å². The molecule has 0 fully saturated rings. The number of aliphatic imine (C=N–C) groups is 1. The van der Waals surface area contributed by atoms with Crippen LogP contribution in [-0.2, 0) is 6.42 Å². The zero-order chi connectivity index (χ0) is 17.4. The molecule has 0 spiro atoms. The van der Waals surface area contributed by atoms with Gasteiger partial charge in [-0.1, -0.05) is 43.4 Å². The molecule has 1 heterocycles. The lowest BCUT2D eigenvalue weighted by Crippen LogP contribution is -2.33. The summed E-state index contributed by atoms with van der Waals surface area (Å²) in [5.41, 5.74) is 13.6. The van der Waals surface area contributed by atoms with Gasteiger partial charge in [-0.25, -0.2) is 4.99 Å². The van der Waals surface area contributed by atoms with E-state index < -0.39 is 0 Å². The van der Waals surface area contributed by atoms with E-state index in [9.17, 15) is 0 Å². The highest BCUT2D eigenvalue weighted by molar-refractivity contribution is 9.10. The predicted molar refractivity (Wildman–Crippen MR) is 110 cm³/mol. The highest BCUT2D eigenvalue weighted by atomic mass is 79.9. The molecule has 1 atom stereocenters. The van der Waals surface area contributed by atoms with Gasteiger partial charge in [0.2, 0.25) is 0 Å². The Morgan fingerprint density at radius 3 is 2.96 bits per heavy atom. The van der Waals surface area contributed by atoms with Crippen molar-refractivity contribution in [3.63, 3.8) is 0 Å². The minimum atomic E-state index is 0.279. The average Bonchev–Trinajstić information content (AvgIpc) is 2.64. The van der Waals surface area contributed by atoms with Crippen molar-refractivity contribution in [3.8, 4) is 0 Å². The summed E-state index contributed by atoms with van der Waals surface area (Å²) in [6.45, 7) is 2.11. The van der Waals surface area contributed by atoms with Gasteiger partial charge in [0, 0.05) is 27.0 Å². The molecule has 3 nitrogen and oxygen atoms in total. The zero-order valence-corrected chi connectivity index (χ0v) is 15.7. The Bertz CT molecular complexity index is 925. The molecule has 1 unspecified atom stereocenters. The Balaban J connectivity index is 1.90. The fourth-order valence-electron chi connectivity index (χ4n) is 3.44. The lowest BCUT2D eigenvalue weighted by Gasteiger charge is -2.32. The van der Waals surface area contributed by atoms with Crippen molar-refractivity contribution < 1.29 is 0 Å². The first kappa shape index (κ1) is 16.2. The maximum Gasteiger partial charge on any atom is 0.0782 e. The molecule has 4 heteroatoms. The Morgan fingerprint density at radius 2 is 2.12 bits per heavy atom. The third-order valence-electron chi connectivity index (χ3n) is 4.77. The fourth-order valence-corrected chi connectivity index (χ4v) is 3.93. The third-order valence-corrected chi connectivity index (χ3v) is 5.42. The molecule has 4 rings (SSSR count). The topological polar surface area (TPSA) is 50.4 Å². The van der Waals surface area contributed by atoms with Crippen molar-refractivity contribution in [1.29, 1.82) is 0 Å². The van der Waals surface area contributed by atoms with E-state index in [1.807, 2.05) is 6.07 Å². The third kappa shape index (κ3) is 2.91. The van der Waals surface area contributed by atoms with Gasteiger partial charge in [-0.3, -0.25) is 0 Å². The first-order valence-electron chi connectivity index (χ1n) is 8.57. The second-order valence-corrected chi connectivity index (χ2v) is 7.20. The molecule has 0 radical (unpaired) electrons. The molecule has 2 aromatic carbocycles. The number of rotatable bonds is 2. The lowest BCUT2D eigenvalue weighted by molar-refractivity contribution is 0.848. The molecule has 3 N–H and O–H groups in total. The molecule has 1 aliphatic heterocycles. The molecular formula is C21H20BrN3. The van der Waals surface area contributed by atoms with Gasteiger partial charge in [-0.15, -0.1) is 0 Å². The Kier molecular flexibility index (Phi) is 4.22. The molecule has 0 bridgehead atoms. The first-order chi connectivity index (χ1) is 12.2. The smallest absolute Gasteiger partial charge is 0.0782 e. The second-order valence-electron chi connectivity index (χ2n) is 6.34. The Hall–Kier alpha value is -2.33. The number of anilines is 2. The SMILES string of the molecule is CCc1cc(N=C2C3=CC=CCC3Nc3ccccc32)cc(Br)c1N. The number of allylic oxidation sites excluding steroid dienone is 2. The number of aryl methyl sites for hydroxylation is 1. The molecular weight excluding hydrogens is 374 g/mol. The van der Waals surface area contributed by atoms with Crippen LogP contribution in [0.4, 0.5) is 17.1 Å². The number of benzene rings is 2. The number of halogens is 1. The minimum absolute atomic E-state index is 0.279. The van der Waals surface area contributed by atoms with E-state index in [1.54, 1.807) is 0 Å². The van der Waals surface area contributed by atoms with Crippen molar-refractivity contribution in [2.24, 2.45) is 4.99 Å². The van der Waals surface area contributed by atoms with Gasteiger partial charge in [0.05, 0.1) is 17.4 Å². The number of nitrogens with two attached hydrogens (primary N) is 1. The number of para-hydroxylation sites is 1. The van der Waals surface area contributed by atoms with Crippen LogP contribution in [0.1, 0.15) is 24.5 Å². The largest absolute Gasteiger partial charge is 0.398 e. The molecule has 2 aliphatic rings. The molecule has 0 saturated carbocycles. The summed E-state index contributed by atoms with van der Waals surface area (Å²) in [5.74, 6) is 0. The molecule has 0 aromatic heterocycles. The average molecular weight is 394 g/mol. The zero-order valence-electron chi connectivity index (χ0n) is 14.1. The highest BCUT2D eigenvalue weighted by Gasteiger charge is 2.28. The van der Waals surface area contributed by atoms with Gasteiger partial charge in [0.25, 0.3) is 0 Å². The highest BCUT2D eigenvalue weighted by Crippen LogP contribution is 2.35. The lowest BCUT2D eigenvalue weighted by atomic mass is 9.86. The minimum Gasteiger partial charge on any atom is -0.398 e. The van der Waals surface area contributed by atoms with Crippen molar-refractivity contribution in [1.82, 2.24) is 0 Å². The van der Waals surface area contributed by atoms with Gasteiger partial charge >= 0.3 is 0 Å². The second kappa shape index (κ2) is 6.52. The summed E-state index contributed by atoms with van der Waals surface area (Å²) < 4.78 is 0.905. The molecule has 25 heavy (non-hydrogen) atoms. The molecule has 126 valence electrons. The van der Waals surface area contributed by atoms with E-state index in [0.29, 0.717) is 0 Å². The van der Waals surface area contributed by atoms with Gasteiger partial charge in [-0.05, 0) is 52.5 Å². The van der Waals surface area contributed by atoms with Crippen LogP contribution in [0.15, 0.2) is 69.7 Å². The van der Waals surface area contributed by atoms with Gasteiger partial charge in [-0.2, -0.15) is 0 Å². The van der Waals surface area contributed by atoms with Crippen molar-refractivity contribution in [2.45, 2.75) is 25.8 Å². The van der Waals surface area contributed by atoms with E-state index >= 15 is 0 Å². The van der Waals surface area contributed by atoms with Crippen LogP contribution in [0.25, 0.3) is 0 Å². The van der Waals surface area contributed by atoms with Crippen molar-refractivity contribution >= 4 is 38.7 Å². The quantitative estimate of drug-likeness (QED) is 0.671. The fraction of sp³-hybridized carbons (Fsp3) is 0.190. The summed E-state index contributed by atoms with van der Waals surface area (Å²) in [7, 11) is 0. The Morgan fingerprint density at radius 1 is 1.28 bits per heavy atom. The Labute approximate surface area is 156 Å². The van der Waals surface area contributed by atoms with E-state index in [0.717, 1.165) is 51.2 Å². The van der Waals surface area contributed by atoms with Crippen LogP contribution in [0.5, 0.6) is 0 Å². The van der Waals surface area contributed by atoms with E-state index in [4.69, 9.17) is 10.7 Å². The van der Waals surface area contributed by atoms with Crippen molar-refractivity contribution in [3.05, 3.63) is 75.8 Å². The van der Waals surface area contributed by atoms with E-state index in [-0.39, 0.29) is 6.04 Å². The number of nitrogens with zero attached hydrogens (tertiary/aromatic N) is 1. The normalized spacial score (nSPS) is 19.8. The number of hydrogen-bond acceptors (Lipinski definition) is 3. The van der Waals surface area contributed by atoms with Crippen LogP contribution in [0.3, 0.4) is 0 Å². The van der Waals surface area contributed by atoms with Crippen LogP contribution >= 0.6 is 15.9 Å². The summed E-state index contributed by atoms with van der Waals surface area (Å²) in [6.07, 6.45) is 8.35. The van der Waals surface area contributed by atoms with Gasteiger partial charge in [0.1, 0.15) is 0 Å². The molecule has 0 saturated heterocycles. The maximum absolute atomic E-state index is 6.15. The first-order valence-corrected chi connectivity index (χ1v) is 9.36. The molecule has 2 aromatic rings. The van der Waals surface area contributed by atoms with E-state index in [2.05, 4.69) is 76.7 Å². The number of nitrogens with one attached hydrogen (secondary N) is 1. The van der Waals surface area contributed by atoms with Gasteiger partial charge in [0.15, 0.2) is 0 Å². The van der Waals surface area contributed by atoms with E-state index in [1.165, 1.54) is 5.57 Å². The van der Waals surface area contributed by atoms with Crippen LogP contribution in [0.2, 0.25) is 0 Å². The summed E-state index contributed by atoms with van der Waals surface area (Å²) in [5, 5.41) is 3.63. The maximum atomic E-state index is 6.15. The summed E-state index contributed by atoms with van der Waals surface area (Å²) in [4.78, 5) is 5.04. The number of fused-ring (bicyclic) bond motifs is 2.